The van der Waals surface area contributed by atoms with Crippen LogP contribution in [0.2, 0.25) is 0 Å². The van der Waals surface area contributed by atoms with Crippen molar-refractivity contribution in [1.82, 2.24) is 5.32 Å². The lowest BCUT2D eigenvalue weighted by molar-refractivity contribution is 0.0601. The largest absolute Gasteiger partial charge is 0.465 e. The number of nitrogens with one attached hydrogen (secondary N) is 2. The van der Waals surface area contributed by atoms with Crippen LogP contribution in [0.15, 0.2) is 0 Å². The van der Waals surface area contributed by atoms with Gasteiger partial charge in [0, 0.05) is 10.9 Å². The maximum Gasteiger partial charge on any atom is 0.341 e. The number of thiophene rings is 1. The molecule has 0 atom stereocenters. The van der Waals surface area contributed by atoms with Crippen LogP contribution < -0.4 is 10.6 Å². The summed E-state index contributed by atoms with van der Waals surface area (Å²) in [6.45, 7) is 11.0. The van der Waals surface area contributed by atoms with Gasteiger partial charge in [-0.1, -0.05) is 27.2 Å². The molecule has 0 unspecified atom stereocenters. The minimum absolute atomic E-state index is 0.320. The normalized spacial score (nSPS) is 20.5. The van der Waals surface area contributed by atoms with Gasteiger partial charge in [-0.2, -0.15) is 0 Å². The average molecular weight is 397 g/mol. The smallest absolute Gasteiger partial charge is 0.341 e. The van der Waals surface area contributed by atoms with Gasteiger partial charge in [0.25, 0.3) is 0 Å². The molecule has 1 aliphatic rings. The highest BCUT2D eigenvalue weighted by molar-refractivity contribution is 7.80. The number of hydrogen-bond donors (Lipinski definition) is 2. The number of carbonyl (C=O) groups excluding carboxylic acids is 1. The number of aryl methyl sites for hydroxylation is 1. The van der Waals surface area contributed by atoms with Crippen molar-refractivity contribution < 1.29 is 9.53 Å². The fourth-order valence-electron chi connectivity index (χ4n) is 3.70. The molecule has 2 N–H and O–H groups in total. The minimum atomic E-state index is -0.320. The molecular formula is C20H32N2O2S2. The van der Waals surface area contributed by atoms with E-state index in [1.54, 1.807) is 11.3 Å². The second kappa shape index (κ2) is 8.70. The van der Waals surface area contributed by atoms with E-state index in [2.05, 4.69) is 31.4 Å². The Hall–Kier alpha value is -1.14. The number of methoxy groups -OCH3 is 1. The summed E-state index contributed by atoms with van der Waals surface area (Å²) in [7, 11) is 1.41. The van der Waals surface area contributed by atoms with Gasteiger partial charge in [0.1, 0.15) is 5.00 Å². The van der Waals surface area contributed by atoms with Crippen molar-refractivity contribution in [3.63, 3.8) is 0 Å². The van der Waals surface area contributed by atoms with Crippen molar-refractivity contribution in [2.24, 2.45) is 11.3 Å². The third kappa shape index (κ3) is 4.77. The molecule has 0 aromatic carbocycles. The van der Waals surface area contributed by atoms with E-state index in [0.717, 1.165) is 34.2 Å². The number of thiocarbonyl (C=S) groups is 1. The number of hydrogen-bond acceptors (Lipinski definition) is 4. The third-order valence-corrected chi connectivity index (χ3v) is 7.42. The fourth-order valence-corrected chi connectivity index (χ4v) is 5.08. The molecule has 146 valence electrons. The first-order chi connectivity index (χ1) is 12.2. The standard InChI is InChI=1S/C20H32N2O2S2/c1-7-20(4,5)14-8-10-15(11-9-14)21-19(25)22-17-16(18(23)24-6)12(2)13(3)26-17/h14-15H,7-11H2,1-6H3,(H2,21,22,25). The zero-order valence-corrected chi connectivity index (χ0v) is 18.5. The molecule has 1 aromatic rings. The molecule has 0 aliphatic heterocycles. The molecule has 0 radical (unpaired) electrons. The van der Waals surface area contributed by atoms with E-state index >= 15 is 0 Å². The summed E-state index contributed by atoms with van der Waals surface area (Å²) in [4.78, 5) is 13.2. The van der Waals surface area contributed by atoms with Crippen LogP contribution in [0.5, 0.6) is 0 Å². The maximum absolute atomic E-state index is 12.1. The topological polar surface area (TPSA) is 50.4 Å². The molecule has 0 bridgehead atoms. The van der Waals surface area contributed by atoms with Gasteiger partial charge in [-0.3, -0.25) is 0 Å². The Balaban J connectivity index is 1.95. The summed E-state index contributed by atoms with van der Waals surface area (Å²) in [5.41, 5.74) is 1.97. The predicted molar refractivity (Wildman–Crippen MR) is 114 cm³/mol. The van der Waals surface area contributed by atoms with E-state index in [9.17, 15) is 4.79 Å². The molecular weight excluding hydrogens is 364 g/mol. The number of carbonyl (C=O) groups is 1. The molecule has 1 fully saturated rings. The van der Waals surface area contributed by atoms with Crippen LogP contribution in [0.25, 0.3) is 0 Å². The number of anilines is 1. The number of esters is 1. The van der Waals surface area contributed by atoms with Crippen molar-refractivity contribution in [2.45, 2.75) is 72.8 Å². The Bertz CT molecular complexity index is 659. The summed E-state index contributed by atoms with van der Waals surface area (Å²) in [5, 5.41) is 8.03. The molecule has 1 heterocycles. The van der Waals surface area contributed by atoms with Gasteiger partial charge < -0.3 is 15.4 Å². The van der Waals surface area contributed by atoms with Gasteiger partial charge in [-0.15, -0.1) is 11.3 Å². The van der Waals surface area contributed by atoms with Gasteiger partial charge in [0.05, 0.1) is 12.7 Å². The van der Waals surface area contributed by atoms with E-state index in [-0.39, 0.29) is 5.97 Å². The van der Waals surface area contributed by atoms with E-state index in [4.69, 9.17) is 17.0 Å². The monoisotopic (exact) mass is 396 g/mol. The van der Waals surface area contributed by atoms with Crippen molar-refractivity contribution in [3.8, 4) is 0 Å². The SMILES string of the molecule is CCC(C)(C)C1CCC(NC(=S)Nc2sc(C)c(C)c2C(=O)OC)CC1. The van der Waals surface area contributed by atoms with Gasteiger partial charge in [-0.25, -0.2) is 4.79 Å². The average Bonchev–Trinajstić information content (AvgIpc) is 2.88. The zero-order chi connectivity index (χ0) is 19.5. The Labute approximate surface area is 167 Å². The van der Waals surface area contributed by atoms with E-state index < -0.39 is 0 Å². The first kappa shape index (κ1) is 21.2. The predicted octanol–water partition coefficient (Wildman–Crippen LogP) is 5.43. The molecule has 6 heteroatoms. The Morgan fingerprint density at radius 3 is 2.42 bits per heavy atom. The first-order valence-electron chi connectivity index (χ1n) is 9.45. The van der Waals surface area contributed by atoms with E-state index in [0.29, 0.717) is 22.1 Å². The van der Waals surface area contributed by atoms with Crippen LogP contribution in [-0.4, -0.2) is 24.2 Å². The van der Waals surface area contributed by atoms with E-state index in [1.165, 1.54) is 26.4 Å². The Morgan fingerprint density at radius 2 is 1.88 bits per heavy atom. The van der Waals surface area contributed by atoms with Gasteiger partial charge in [-0.05, 0) is 68.6 Å². The Morgan fingerprint density at radius 1 is 1.27 bits per heavy atom. The summed E-state index contributed by atoms with van der Waals surface area (Å²) in [6.07, 6.45) is 5.99. The molecule has 26 heavy (non-hydrogen) atoms. The van der Waals surface area contributed by atoms with Crippen LogP contribution >= 0.6 is 23.6 Å². The summed E-state index contributed by atoms with van der Waals surface area (Å²) >= 11 is 7.05. The number of rotatable bonds is 5. The van der Waals surface area contributed by atoms with Crippen molar-refractivity contribution in [2.75, 3.05) is 12.4 Å². The summed E-state index contributed by atoms with van der Waals surface area (Å²) < 4.78 is 4.92. The fraction of sp³-hybridized carbons (Fsp3) is 0.700. The molecule has 0 amide bonds. The molecule has 1 aromatic heterocycles. The van der Waals surface area contributed by atoms with Crippen molar-refractivity contribution in [1.29, 1.82) is 0 Å². The second-order valence-corrected chi connectivity index (χ2v) is 9.60. The second-order valence-electron chi connectivity index (χ2n) is 7.97. The quantitative estimate of drug-likeness (QED) is 0.513. The lowest BCUT2D eigenvalue weighted by atomic mass is 9.69. The van der Waals surface area contributed by atoms with Crippen LogP contribution in [0.3, 0.4) is 0 Å². The lowest BCUT2D eigenvalue weighted by Gasteiger charge is -2.39. The molecule has 0 spiro atoms. The molecule has 2 rings (SSSR count). The van der Waals surface area contributed by atoms with E-state index in [1.807, 2.05) is 13.8 Å². The third-order valence-electron chi connectivity index (χ3n) is 6.08. The molecule has 1 saturated carbocycles. The molecule has 1 aliphatic carbocycles. The highest BCUT2D eigenvalue weighted by Crippen LogP contribution is 2.40. The highest BCUT2D eigenvalue weighted by atomic mass is 32.1. The van der Waals surface area contributed by atoms with Crippen molar-refractivity contribution in [3.05, 3.63) is 16.0 Å². The Kier molecular flexibility index (Phi) is 7.08. The van der Waals surface area contributed by atoms with Crippen LogP contribution in [0.4, 0.5) is 5.00 Å². The minimum Gasteiger partial charge on any atom is -0.465 e. The zero-order valence-electron chi connectivity index (χ0n) is 16.8. The van der Waals surface area contributed by atoms with Crippen LogP contribution in [0, 0.1) is 25.2 Å². The molecule has 0 saturated heterocycles. The van der Waals surface area contributed by atoms with Gasteiger partial charge in [0.2, 0.25) is 0 Å². The summed E-state index contributed by atoms with van der Waals surface area (Å²) in [5.74, 6) is 0.472. The highest BCUT2D eigenvalue weighted by Gasteiger charge is 2.32. The lowest BCUT2D eigenvalue weighted by Crippen LogP contribution is -2.41. The maximum atomic E-state index is 12.1. The molecule has 4 nitrogen and oxygen atoms in total. The van der Waals surface area contributed by atoms with Crippen LogP contribution in [0.1, 0.15) is 73.7 Å². The number of ether oxygens (including phenoxy) is 1. The summed E-state index contributed by atoms with van der Waals surface area (Å²) in [6, 6.07) is 0.405. The van der Waals surface area contributed by atoms with Crippen molar-refractivity contribution >= 4 is 39.6 Å². The van der Waals surface area contributed by atoms with Crippen LogP contribution in [-0.2, 0) is 4.74 Å². The van der Waals surface area contributed by atoms with Gasteiger partial charge in [0.15, 0.2) is 5.11 Å². The van der Waals surface area contributed by atoms with Gasteiger partial charge >= 0.3 is 5.97 Å². The first-order valence-corrected chi connectivity index (χ1v) is 10.7.